The monoisotopic (exact) mass is 393 g/mol. The summed E-state index contributed by atoms with van der Waals surface area (Å²) in [6.45, 7) is 3.89. The van der Waals surface area contributed by atoms with Gasteiger partial charge in [0.05, 0.1) is 23.0 Å². The molecule has 2 aliphatic heterocycles. The summed E-state index contributed by atoms with van der Waals surface area (Å²) >= 11 is 0. The highest BCUT2D eigenvalue weighted by Gasteiger charge is 2.34. The van der Waals surface area contributed by atoms with E-state index >= 15 is 0 Å². The number of hydrogen-bond acceptors (Lipinski definition) is 6. The first kappa shape index (κ1) is 19.1. The molecule has 29 heavy (non-hydrogen) atoms. The van der Waals surface area contributed by atoms with Gasteiger partial charge < -0.3 is 15.1 Å². The number of rotatable bonds is 5. The average molecular weight is 393 g/mol. The third-order valence-electron chi connectivity index (χ3n) is 5.30. The number of nitrogens with one attached hydrogen (secondary N) is 1. The molecule has 1 saturated heterocycles. The maximum Gasteiger partial charge on any atom is 0.261 e. The van der Waals surface area contributed by atoms with Gasteiger partial charge >= 0.3 is 0 Å². The number of likely N-dealkylation sites (N-methyl/N-ethyl adjacent to an activating group) is 1. The molecule has 3 amide bonds. The molecule has 3 heterocycles. The normalized spacial score (nSPS) is 16.9. The van der Waals surface area contributed by atoms with E-state index < -0.39 is 0 Å². The quantitative estimate of drug-likeness (QED) is 0.774. The van der Waals surface area contributed by atoms with Crippen molar-refractivity contribution in [2.75, 3.05) is 50.0 Å². The number of piperazine rings is 1. The Morgan fingerprint density at radius 2 is 1.66 bits per heavy atom. The minimum Gasteiger partial charge on any atom is -0.354 e. The van der Waals surface area contributed by atoms with Crippen molar-refractivity contribution in [3.8, 4) is 0 Å². The van der Waals surface area contributed by atoms with Gasteiger partial charge in [-0.15, -0.1) is 0 Å². The van der Waals surface area contributed by atoms with Gasteiger partial charge in [0.15, 0.2) is 0 Å². The highest BCUT2D eigenvalue weighted by molar-refractivity contribution is 6.21. The Balaban J connectivity index is 1.30. The molecule has 0 atom stereocenters. The van der Waals surface area contributed by atoms with Crippen LogP contribution in [0, 0.1) is 0 Å². The van der Waals surface area contributed by atoms with Crippen LogP contribution >= 0.6 is 0 Å². The molecule has 0 spiro atoms. The first-order valence-electron chi connectivity index (χ1n) is 9.67. The van der Waals surface area contributed by atoms with Crippen LogP contribution in [0.15, 0.2) is 42.6 Å². The van der Waals surface area contributed by atoms with E-state index in [9.17, 15) is 14.4 Å². The van der Waals surface area contributed by atoms with E-state index in [0.717, 1.165) is 36.9 Å². The summed E-state index contributed by atoms with van der Waals surface area (Å²) in [7, 11) is 2.10. The molecule has 150 valence electrons. The molecule has 0 bridgehead atoms. The Hall–Kier alpha value is -3.26. The van der Waals surface area contributed by atoms with Crippen molar-refractivity contribution in [2.24, 2.45) is 0 Å². The number of carbonyl (C=O) groups is 3. The summed E-state index contributed by atoms with van der Waals surface area (Å²) in [6.07, 6.45) is 1.67. The Bertz CT molecular complexity index is 901. The van der Waals surface area contributed by atoms with E-state index in [2.05, 4.69) is 27.1 Å². The van der Waals surface area contributed by atoms with Crippen molar-refractivity contribution in [2.45, 2.75) is 6.42 Å². The van der Waals surface area contributed by atoms with E-state index in [1.54, 1.807) is 30.5 Å². The minimum atomic E-state index is -0.350. The van der Waals surface area contributed by atoms with Crippen LogP contribution in [0.5, 0.6) is 0 Å². The second kappa shape index (κ2) is 8.00. The molecule has 1 N–H and O–H groups in total. The summed E-state index contributed by atoms with van der Waals surface area (Å²) in [5.41, 5.74) is 1.37. The average Bonchev–Trinajstić information content (AvgIpc) is 2.98. The van der Waals surface area contributed by atoms with Gasteiger partial charge in [-0.3, -0.25) is 19.3 Å². The lowest BCUT2D eigenvalue weighted by atomic mass is 10.1. The van der Waals surface area contributed by atoms with Crippen molar-refractivity contribution in [3.05, 3.63) is 53.7 Å². The lowest BCUT2D eigenvalue weighted by Crippen LogP contribution is -2.44. The number of pyridine rings is 1. The fourth-order valence-corrected chi connectivity index (χ4v) is 3.56. The molecule has 2 aliphatic rings. The van der Waals surface area contributed by atoms with Crippen LogP contribution in [0.1, 0.15) is 27.1 Å². The van der Waals surface area contributed by atoms with Crippen molar-refractivity contribution in [1.82, 2.24) is 14.8 Å². The number of benzene rings is 1. The highest BCUT2D eigenvalue weighted by atomic mass is 16.2. The lowest BCUT2D eigenvalue weighted by Gasteiger charge is -2.33. The number of anilines is 2. The third kappa shape index (κ3) is 3.97. The molecular weight excluding hydrogens is 370 g/mol. The van der Waals surface area contributed by atoms with Crippen LogP contribution < -0.4 is 10.2 Å². The molecule has 0 aliphatic carbocycles. The zero-order valence-electron chi connectivity index (χ0n) is 16.3. The van der Waals surface area contributed by atoms with E-state index in [-0.39, 0.29) is 30.7 Å². The fourth-order valence-electron chi connectivity index (χ4n) is 3.56. The SMILES string of the molecule is CN1CCN(c2ccc(NC(=O)CCN3C(=O)c4ccccc4C3=O)cn2)CC1. The molecule has 1 fully saturated rings. The molecule has 1 aromatic heterocycles. The summed E-state index contributed by atoms with van der Waals surface area (Å²) < 4.78 is 0. The molecule has 0 saturated carbocycles. The van der Waals surface area contributed by atoms with Gasteiger partial charge in [-0.25, -0.2) is 4.98 Å². The maximum atomic E-state index is 12.3. The predicted octanol–water partition coefficient (Wildman–Crippen LogP) is 1.46. The zero-order chi connectivity index (χ0) is 20.4. The number of amides is 3. The van der Waals surface area contributed by atoms with E-state index in [1.165, 1.54) is 0 Å². The standard InChI is InChI=1S/C21H23N5O3/c1-24-10-12-25(13-11-24)18-7-6-15(14-22-18)23-19(27)8-9-26-20(28)16-4-2-3-5-17(16)21(26)29/h2-7,14H,8-13H2,1H3,(H,23,27). The van der Waals surface area contributed by atoms with Crippen LogP contribution in [0.2, 0.25) is 0 Å². The van der Waals surface area contributed by atoms with Gasteiger partial charge in [0.25, 0.3) is 11.8 Å². The summed E-state index contributed by atoms with van der Waals surface area (Å²) in [4.78, 5) is 47.0. The molecule has 1 aromatic carbocycles. The van der Waals surface area contributed by atoms with Crippen LogP contribution in [0.3, 0.4) is 0 Å². The molecule has 8 heteroatoms. The van der Waals surface area contributed by atoms with Crippen LogP contribution in [-0.2, 0) is 4.79 Å². The van der Waals surface area contributed by atoms with Gasteiger partial charge in [0, 0.05) is 39.1 Å². The van der Waals surface area contributed by atoms with Crippen molar-refractivity contribution < 1.29 is 14.4 Å². The molecule has 2 aromatic rings. The topological polar surface area (TPSA) is 85.9 Å². The van der Waals surface area contributed by atoms with Crippen molar-refractivity contribution in [1.29, 1.82) is 0 Å². The Kier molecular flexibility index (Phi) is 5.26. The fraction of sp³-hybridized carbons (Fsp3) is 0.333. The number of aromatic nitrogens is 1. The van der Waals surface area contributed by atoms with Crippen LogP contribution in [0.25, 0.3) is 0 Å². The number of imide groups is 1. The lowest BCUT2D eigenvalue weighted by molar-refractivity contribution is -0.116. The molecule has 8 nitrogen and oxygen atoms in total. The second-order valence-corrected chi connectivity index (χ2v) is 7.30. The number of nitrogens with zero attached hydrogens (tertiary/aromatic N) is 4. The van der Waals surface area contributed by atoms with Crippen molar-refractivity contribution in [3.63, 3.8) is 0 Å². The zero-order valence-corrected chi connectivity index (χ0v) is 16.3. The first-order chi connectivity index (χ1) is 14.0. The van der Waals surface area contributed by atoms with Gasteiger partial charge in [-0.2, -0.15) is 0 Å². The Morgan fingerprint density at radius 3 is 2.24 bits per heavy atom. The summed E-state index contributed by atoms with van der Waals surface area (Å²) in [6, 6.07) is 10.4. The van der Waals surface area contributed by atoms with Crippen molar-refractivity contribution >= 4 is 29.2 Å². The maximum absolute atomic E-state index is 12.3. The first-order valence-corrected chi connectivity index (χ1v) is 9.67. The highest BCUT2D eigenvalue weighted by Crippen LogP contribution is 2.22. The summed E-state index contributed by atoms with van der Waals surface area (Å²) in [5.74, 6) is -0.0778. The van der Waals surface area contributed by atoms with Crippen LogP contribution in [0.4, 0.5) is 11.5 Å². The minimum absolute atomic E-state index is 0.0334. The van der Waals surface area contributed by atoms with E-state index in [4.69, 9.17) is 0 Å². The number of fused-ring (bicyclic) bond motifs is 1. The number of carbonyl (C=O) groups excluding carboxylic acids is 3. The van der Waals surface area contributed by atoms with E-state index in [0.29, 0.717) is 16.8 Å². The van der Waals surface area contributed by atoms with E-state index in [1.807, 2.05) is 12.1 Å². The second-order valence-electron chi connectivity index (χ2n) is 7.30. The molecule has 0 unspecified atom stereocenters. The smallest absolute Gasteiger partial charge is 0.261 e. The van der Waals surface area contributed by atoms with Crippen LogP contribution in [-0.4, -0.2) is 72.3 Å². The number of hydrogen-bond donors (Lipinski definition) is 1. The molecule has 4 rings (SSSR count). The van der Waals surface area contributed by atoms with Gasteiger partial charge in [-0.05, 0) is 31.3 Å². The summed E-state index contributed by atoms with van der Waals surface area (Å²) in [5, 5.41) is 2.78. The largest absolute Gasteiger partial charge is 0.354 e. The van der Waals surface area contributed by atoms with Gasteiger partial charge in [-0.1, -0.05) is 12.1 Å². The molecular formula is C21H23N5O3. The Morgan fingerprint density at radius 1 is 1.00 bits per heavy atom. The van der Waals surface area contributed by atoms with Gasteiger partial charge in [0.1, 0.15) is 5.82 Å². The van der Waals surface area contributed by atoms with Gasteiger partial charge in [0.2, 0.25) is 5.91 Å². The third-order valence-corrected chi connectivity index (χ3v) is 5.30. The Labute approximate surface area is 169 Å². The predicted molar refractivity (Wildman–Crippen MR) is 109 cm³/mol. The molecule has 0 radical (unpaired) electrons.